The summed E-state index contributed by atoms with van der Waals surface area (Å²) in [6.45, 7) is 4.35. The lowest BCUT2D eigenvalue weighted by molar-refractivity contribution is -0.114. The minimum Gasteiger partial charge on any atom is -0.493 e. The number of nitrogens with zero attached hydrogens (tertiary/aromatic N) is 2. The Hall–Kier alpha value is -2.30. The molecule has 5 nitrogen and oxygen atoms in total. The summed E-state index contributed by atoms with van der Waals surface area (Å²) in [5, 5.41) is 1.55. The highest BCUT2D eigenvalue weighted by atomic mass is 127. The highest BCUT2D eigenvalue weighted by Gasteiger charge is 2.34. The van der Waals surface area contributed by atoms with Crippen molar-refractivity contribution in [1.82, 2.24) is 4.68 Å². The van der Waals surface area contributed by atoms with Gasteiger partial charge in [-0.2, -0.15) is 5.01 Å². The summed E-state index contributed by atoms with van der Waals surface area (Å²) in [6.07, 6.45) is 1.83. The highest BCUT2D eigenvalue weighted by molar-refractivity contribution is 14.1. The van der Waals surface area contributed by atoms with Gasteiger partial charge in [0.05, 0.1) is 12.0 Å². The number of methoxy groups -OCH3 is 1. The molecule has 0 aliphatic carbocycles. The van der Waals surface area contributed by atoms with E-state index in [-0.39, 0.29) is 5.91 Å². The van der Waals surface area contributed by atoms with Crippen molar-refractivity contribution < 1.29 is 14.3 Å². The first-order valence-electron chi connectivity index (χ1n) is 9.86. The van der Waals surface area contributed by atoms with E-state index in [4.69, 9.17) is 21.7 Å². The van der Waals surface area contributed by atoms with Crippen molar-refractivity contribution in [2.24, 2.45) is 0 Å². The maximum absolute atomic E-state index is 13.1. The van der Waals surface area contributed by atoms with Gasteiger partial charge in [0.25, 0.3) is 5.91 Å². The number of thiocarbonyl (C=S) groups is 1. The largest absolute Gasteiger partial charge is 0.493 e. The summed E-state index contributed by atoms with van der Waals surface area (Å²) in [6, 6.07) is 17.7. The topological polar surface area (TPSA) is 43.7 Å². The number of hydrogen-bond donors (Lipinski definition) is 0. The Bertz CT molecular complexity index is 1200. The normalized spacial score (nSPS) is 15.0. The third-order valence-electron chi connectivity index (χ3n) is 5.00. The van der Waals surface area contributed by atoms with Crippen LogP contribution in [0.3, 0.4) is 0 Å². The molecule has 1 saturated heterocycles. The van der Waals surface area contributed by atoms with Gasteiger partial charge in [0.1, 0.15) is 6.61 Å². The minimum absolute atomic E-state index is 0.139. The molecule has 3 aromatic rings. The molecule has 1 aliphatic rings. The van der Waals surface area contributed by atoms with E-state index >= 15 is 0 Å². The standard InChI is InChI=1S/C24H21IN2O3S2/c1-15-4-5-16(2)26(15)27-23(28)22(32-24(27)31)13-18-8-11-20(21(12-18)29-3)30-14-17-6-9-19(25)10-7-17/h4-13H,14H2,1-3H3. The SMILES string of the molecule is COc1cc(C=C2SC(=S)N(n3c(C)ccc3C)C2=O)ccc1OCc1ccc(I)cc1. The lowest BCUT2D eigenvalue weighted by Crippen LogP contribution is -2.39. The summed E-state index contributed by atoms with van der Waals surface area (Å²) in [5.41, 5.74) is 3.83. The Morgan fingerprint density at radius 2 is 1.72 bits per heavy atom. The first-order chi connectivity index (χ1) is 15.4. The van der Waals surface area contributed by atoms with Crippen LogP contribution >= 0.6 is 46.6 Å². The van der Waals surface area contributed by atoms with Crippen LogP contribution in [0.25, 0.3) is 6.08 Å². The Kier molecular flexibility index (Phi) is 6.92. The number of thioether (sulfide) groups is 1. The Morgan fingerprint density at radius 3 is 2.38 bits per heavy atom. The first kappa shape index (κ1) is 22.9. The smallest absolute Gasteiger partial charge is 0.285 e. The number of benzene rings is 2. The van der Waals surface area contributed by atoms with Crippen molar-refractivity contribution >= 4 is 62.9 Å². The fraction of sp³-hybridized carbons (Fsp3) is 0.167. The van der Waals surface area contributed by atoms with E-state index in [9.17, 15) is 4.79 Å². The maximum atomic E-state index is 13.1. The molecule has 0 N–H and O–H groups in total. The van der Waals surface area contributed by atoms with Crippen LogP contribution in [0.5, 0.6) is 11.5 Å². The average Bonchev–Trinajstić information content (AvgIpc) is 3.24. The molecule has 1 aromatic heterocycles. The van der Waals surface area contributed by atoms with Gasteiger partial charge in [-0.25, -0.2) is 0 Å². The van der Waals surface area contributed by atoms with E-state index < -0.39 is 0 Å². The number of hydrogen-bond acceptors (Lipinski definition) is 5. The van der Waals surface area contributed by atoms with Crippen LogP contribution in [0.1, 0.15) is 22.5 Å². The second-order valence-electron chi connectivity index (χ2n) is 7.25. The number of carbonyl (C=O) groups is 1. The predicted octanol–water partition coefficient (Wildman–Crippen LogP) is 5.83. The molecule has 2 aromatic carbocycles. The molecule has 0 radical (unpaired) electrons. The van der Waals surface area contributed by atoms with Crippen LogP contribution in [-0.2, 0) is 11.4 Å². The monoisotopic (exact) mass is 576 g/mol. The van der Waals surface area contributed by atoms with Crippen molar-refractivity contribution in [2.75, 3.05) is 12.1 Å². The Balaban J connectivity index is 1.54. The van der Waals surface area contributed by atoms with Gasteiger partial charge in [-0.05, 0) is 102 Å². The van der Waals surface area contributed by atoms with Crippen LogP contribution in [0.15, 0.2) is 59.5 Å². The number of rotatable bonds is 6. The fourth-order valence-electron chi connectivity index (χ4n) is 3.39. The van der Waals surface area contributed by atoms with Crippen molar-refractivity contribution in [1.29, 1.82) is 0 Å². The molecule has 1 amide bonds. The summed E-state index contributed by atoms with van der Waals surface area (Å²) in [4.78, 5) is 13.7. The maximum Gasteiger partial charge on any atom is 0.285 e. The third kappa shape index (κ3) is 4.72. The van der Waals surface area contributed by atoms with Crippen molar-refractivity contribution in [3.8, 4) is 11.5 Å². The van der Waals surface area contributed by atoms with E-state index in [1.165, 1.54) is 15.3 Å². The van der Waals surface area contributed by atoms with E-state index in [1.807, 2.05) is 79.2 Å². The van der Waals surface area contributed by atoms with Gasteiger partial charge in [-0.3, -0.25) is 9.47 Å². The van der Waals surface area contributed by atoms with Crippen LogP contribution < -0.4 is 14.5 Å². The number of amides is 1. The predicted molar refractivity (Wildman–Crippen MR) is 142 cm³/mol. The summed E-state index contributed by atoms with van der Waals surface area (Å²) >= 11 is 9.07. The van der Waals surface area contributed by atoms with E-state index in [0.29, 0.717) is 27.3 Å². The van der Waals surface area contributed by atoms with Gasteiger partial charge in [0.2, 0.25) is 0 Å². The molecule has 0 unspecified atom stereocenters. The molecule has 0 atom stereocenters. The highest BCUT2D eigenvalue weighted by Crippen LogP contribution is 2.35. The Morgan fingerprint density at radius 1 is 1.03 bits per heavy atom. The van der Waals surface area contributed by atoms with Gasteiger partial charge < -0.3 is 9.47 Å². The van der Waals surface area contributed by atoms with Crippen molar-refractivity contribution in [3.63, 3.8) is 0 Å². The van der Waals surface area contributed by atoms with Gasteiger partial charge in [0.15, 0.2) is 15.8 Å². The zero-order chi connectivity index (χ0) is 22.8. The van der Waals surface area contributed by atoms with Gasteiger partial charge >= 0.3 is 0 Å². The summed E-state index contributed by atoms with van der Waals surface area (Å²) in [5.74, 6) is 1.12. The van der Waals surface area contributed by atoms with Gasteiger partial charge in [-0.1, -0.05) is 30.0 Å². The number of ether oxygens (including phenoxy) is 2. The lowest BCUT2D eigenvalue weighted by Gasteiger charge is -2.20. The number of carbonyl (C=O) groups excluding carboxylic acids is 1. The molecule has 4 rings (SSSR count). The van der Waals surface area contributed by atoms with Gasteiger partial charge in [-0.15, -0.1) is 0 Å². The van der Waals surface area contributed by atoms with Crippen LogP contribution in [0.4, 0.5) is 0 Å². The molecule has 1 fully saturated rings. The quantitative estimate of drug-likeness (QED) is 0.210. The molecule has 0 spiro atoms. The molecule has 1 aliphatic heterocycles. The molecule has 2 heterocycles. The van der Waals surface area contributed by atoms with Gasteiger partial charge in [0, 0.05) is 15.0 Å². The van der Waals surface area contributed by atoms with E-state index in [1.54, 1.807) is 12.1 Å². The Labute approximate surface area is 210 Å². The van der Waals surface area contributed by atoms with E-state index in [2.05, 4.69) is 22.6 Å². The summed E-state index contributed by atoms with van der Waals surface area (Å²) < 4.78 is 15.0. The van der Waals surface area contributed by atoms with Crippen LogP contribution in [-0.4, -0.2) is 22.0 Å². The molecular weight excluding hydrogens is 555 g/mol. The molecule has 32 heavy (non-hydrogen) atoms. The third-order valence-corrected chi connectivity index (χ3v) is 7.00. The van der Waals surface area contributed by atoms with Crippen molar-refractivity contribution in [3.05, 3.63) is 85.6 Å². The zero-order valence-corrected chi connectivity index (χ0v) is 21.6. The fourth-order valence-corrected chi connectivity index (χ4v) is 5.00. The second kappa shape index (κ2) is 9.68. The second-order valence-corrected chi connectivity index (χ2v) is 10.2. The van der Waals surface area contributed by atoms with Crippen molar-refractivity contribution in [2.45, 2.75) is 20.5 Å². The average molecular weight is 576 g/mol. The molecule has 0 bridgehead atoms. The number of halogens is 1. The lowest BCUT2D eigenvalue weighted by atomic mass is 10.2. The minimum atomic E-state index is -0.139. The number of aryl methyl sites for hydroxylation is 2. The van der Waals surface area contributed by atoms with E-state index in [0.717, 1.165) is 22.5 Å². The molecule has 164 valence electrons. The molecular formula is C24H21IN2O3S2. The van der Waals surface area contributed by atoms with Crippen LogP contribution in [0, 0.1) is 17.4 Å². The molecule has 0 saturated carbocycles. The summed E-state index contributed by atoms with van der Waals surface area (Å²) in [7, 11) is 1.61. The first-order valence-corrected chi connectivity index (χ1v) is 12.2. The molecule has 8 heteroatoms. The number of aromatic nitrogens is 1. The zero-order valence-electron chi connectivity index (χ0n) is 17.8. The van der Waals surface area contributed by atoms with Crippen LogP contribution in [0.2, 0.25) is 0 Å².